The van der Waals surface area contributed by atoms with E-state index >= 15 is 0 Å². The van der Waals surface area contributed by atoms with Crippen LogP contribution in [-0.4, -0.2) is 18.6 Å². The van der Waals surface area contributed by atoms with Crippen molar-refractivity contribution in [2.75, 3.05) is 13.6 Å². The van der Waals surface area contributed by atoms with Crippen molar-refractivity contribution in [3.63, 3.8) is 0 Å². The molecule has 11 heavy (non-hydrogen) atoms. The molecule has 2 nitrogen and oxygen atoms in total. The van der Waals surface area contributed by atoms with Gasteiger partial charge in [0, 0.05) is 18.7 Å². The van der Waals surface area contributed by atoms with Gasteiger partial charge in [0.05, 0.1) is 0 Å². The van der Waals surface area contributed by atoms with Crippen molar-refractivity contribution in [1.29, 1.82) is 0 Å². The number of pyridine rings is 1. The van der Waals surface area contributed by atoms with Gasteiger partial charge in [-0.25, -0.2) is 4.98 Å². The molecule has 0 fully saturated rings. The van der Waals surface area contributed by atoms with E-state index in [1.807, 2.05) is 13.1 Å². The minimum atomic E-state index is -0.404. The highest BCUT2D eigenvalue weighted by Crippen LogP contribution is 1.97. The van der Waals surface area contributed by atoms with Gasteiger partial charge in [-0.05, 0) is 19.2 Å². The molecule has 3 heteroatoms. The standard InChI is InChI=1S/C8H11FN2/c1-10-6-5-7-3-2-4-8(9)11-7/h2-4,10H,5-6H2,1H3. The van der Waals surface area contributed by atoms with E-state index in [0.717, 1.165) is 18.7 Å². The molecule has 0 spiro atoms. The maximum absolute atomic E-state index is 12.5. The normalized spacial score (nSPS) is 10.0. The second kappa shape index (κ2) is 4.03. The Kier molecular flexibility index (Phi) is 2.98. The number of halogens is 1. The first-order valence-corrected chi connectivity index (χ1v) is 3.59. The lowest BCUT2D eigenvalue weighted by Crippen LogP contribution is -2.11. The topological polar surface area (TPSA) is 24.9 Å². The molecule has 0 saturated carbocycles. The Morgan fingerprint density at radius 1 is 1.55 bits per heavy atom. The summed E-state index contributed by atoms with van der Waals surface area (Å²) in [6.07, 6.45) is 0.772. The van der Waals surface area contributed by atoms with Crippen LogP contribution in [0.15, 0.2) is 18.2 Å². The third-order valence-electron chi connectivity index (χ3n) is 1.40. The first-order chi connectivity index (χ1) is 5.33. The average molecular weight is 154 g/mol. The Morgan fingerprint density at radius 2 is 2.36 bits per heavy atom. The lowest BCUT2D eigenvalue weighted by Gasteiger charge is -1.98. The quantitative estimate of drug-likeness (QED) is 0.656. The van der Waals surface area contributed by atoms with Crippen LogP contribution in [0.5, 0.6) is 0 Å². The second-order valence-corrected chi connectivity index (χ2v) is 2.31. The van der Waals surface area contributed by atoms with E-state index in [0.29, 0.717) is 0 Å². The number of hydrogen-bond donors (Lipinski definition) is 1. The van der Waals surface area contributed by atoms with E-state index in [4.69, 9.17) is 0 Å². The largest absolute Gasteiger partial charge is 0.319 e. The third-order valence-corrected chi connectivity index (χ3v) is 1.40. The van der Waals surface area contributed by atoms with Gasteiger partial charge >= 0.3 is 0 Å². The number of nitrogens with one attached hydrogen (secondary N) is 1. The molecule has 1 heterocycles. The molecule has 0 atom stereocenters. The summed E-state index contributed by atoms with van der Waals surface area (Å²) in [5.41, 5.74) is 0.791. The summed E-state index contributed by atoms with van der Waals surface area (Å²) >= 11 is 0. The van der Waals surface area contributed by atoms with Gasteiger partial charge in [0.15, 0.2) is 0 Å². The van der Waals surface area contributed by atoms with Crippen LogP contribution in [0, 0.1) is 5.95 Å². The van der Waals surface area contributed by atoms with Crippen LogP contribution in [-0.2, 0) is 6.42 Å². The molecule has 0 aliphatic heterocycles. The van der Waals surface area contributed by atoms with E-state index in [1.54, 1.807) is 6.07 Å². The Bertz CT molecular complexity index is 225. The van der Waals surface area contributed by atoms with Gasteiger partial charge in [-0.15, -0.1) is 0 Å². The SMILES string of the molecule is CNCCc1cccc(F)n1. The van der Waals surface area contributed by atoms with Gasteiger partial charge in [0.2, 0.25) is 5.95 Å². The predicted molar refractivity (Wildman–Crippen MR) is 41.8 cm³/mol. The Balaban J connectivity index is 2.56. The zero-order valence-electron chi connectivity index (χ0n) is 6.47. The fourth-order valence-electron chi connectivity index (χ4n) is 0.843. The van der Waals surface area contributed by atoms with Crippen LogP contribution in [0.1, 0.15) is 5.69 Å². The number of hydrogen-bond acceptors (Lipinski definition) is 2. The molecule has 0 aromatic carbocycles. The molecule has 1 rings (SSSR count). The molecule has 0 unspecified atom stereocenters. The first-order valence-electron chi connectivity index (χ1n) is 3.59. The zero-order valence-corrected chi connectivity index (χ0v) is 6.47. The minimum absolute atomic E-state index is 0.404. The highest BCUT2D eigenvalue weighted by atomic mass is 19.1. The first kappa shape index (κ1) is 8.14. The van der Waals surface area contributed by atoms with Gasteiger partial charge in [-0.2, -0.15) is 4.39 Å². The van der Waals surface area contributed by atoms with Crippen molar-refractivity contribution in [2.24, 2.45) is 0 Å². The number of nitrogens with zero attached hydrogens (tertiary/aromatic N) is 1. The minimum Gasteiger partial charge on any atom is -0.319 e. The molecule has 1 aromatic rings. The molecular weight excluding hydrogens is 143 g/mol. The van der Waals surface area contributed by atoms with E-state index in [1.165, 1.54) is 6.07 Å². The molecular formula is C8H11FN2. The van der Waals surface area contributed by atoms with Crippen LogP contribution in [0.3, 0.4) is 0 Å². The molecule has 0 aliphatic carbocycles. The fourth-order valence-corrected chi connectivity index (χ4v) is 0.843. The number of aromatic nitrogens is 1. The van der Waals surface area contributed by atoms with Gasteiger partial charge in [-0.1, -0.05) is 6.07 Å². The summed E-state index contributed by atoms with van der Waals surface area (Å²) in [6, 6.07) is 4.84. The van der Waals surface area contributed by atoms with Gasteiger partial charge < -0.3 is 5.32 Å². The predicted octanol–water partition coefficient (Wildman–Crippen LogP) is 0.983. The van der Waals surface area contributed by atoms with Gasteiger partial charge in [0.25, 0.3) is 0 Å². The molecule has 1 N–H and O–H groups in total. The highest BCUT2D eigenvalue weighted by Gasteiger charge is 1.94. The molecule has 0 aliphatic rings. The van der Waals surface area contributed by atoms with Gasteiger partial charge in [0.1, 0.15) is 0 Å². The van der Waals surface area contributed by atoms with E-state index < -0.39 is 5.95 Å². The highest BCUT2D eigenvalue weighted by molar-refractivity contribution is 5.04. The lowest BCUT2D eigenvalue weighted by molar-refractivity contribution is 0.575. The summed E-state index contributed by atoms with van der Waals surface area (Å²) in [6.45, 7) is 0.830. The lowest BCUT2D eigenvalue weighted by atomic mass is 10.3. The van der Waals surface area contributed by atoms with Crippen molar-refractivity contribution in [2.45, 2.75) is 6.42 Å². The van der Waals surface area contributed by atoms with Crippen molar-refractivity contribution in [3.8, 4) is 0 Å². The molecule has 60 valence electrons. The number of rotatable bonds is 3. The summed E-state index contributed by atoms with van der Waals surface area (Å²) in [5, 5.41) is 2.97. The maximum atomic E-state index is 12.5. The smallest absolute Gasteiger partial charge is 0.213 e. The zero-order chi connectivity index (χ0) is 8.10. The van der Waals surface area contributed by atoms with Crippen LogP contribution >= 0.6 is 0 Å². The van der Waals surface area contributed by atoms with Crippen molar-refractivity contribution >= 4 is 0 Å². The molecule has 0 radical (unpaired) electrons. The third kappa shape index (κ3) is 2.63. The van der Waals surface area contributed by atoms with Crippen LogP contribution in [0.2, 0.25) is 0 Å². The molecule has 0 bridgehead atoms. The van der Waals surface area contributed by atoms with E-state index in [9.17, 15) is 4.39 Å². The Hall–Kier alpha value is -0.960. The Labute approximate surface area is 65.5 Å². The summed E-state index contributed by atoms with van der Waals surface area (Å²) < 4.78 is 12.5. The molecule has 1 aromatic heterocycles. The molecule has 0 saturated heterocycles. The van der Waals surface area contributed by atoms with Crippen LogP contribution in [0.25, 0.3) is 0 Å². The van der Waals surface area contributed by atoms with Crippen LogP contribution < -0.4 is 5.32 Å². The summed E-state index contributed by atoms with van der Waals surface area (Å²) in [7, 11) is 1.86. The van der Waals surface area contributed by atoms with Crippen molar-refractivity contribution in [3.05, 3.63) is 29.8 Å². The summed E-state index contributed by atoms with van der Waals surface area (Å²) in [4.78, 5) is 3.70. The van der Waals surface area contributed by atoms with E-state index in [-0.39, 0.29) is 0 Å². The monoisotopic (exact) mass is 154 g/mol. The average Bonchev–Trinajstić information content (AvgIpc) is 2.01. The fraction of sp³-hybridized carbons (Fsp3) is 0.375. The van der Waals surface area contributed by atoms with Crippen LogP contribution in [0.4, 0.5) is 4.39 Å². The van der Waals surface area contributed by atoms with Crippen molar-refractivity contribution < 1.29 is 4.39 Å². The van der Waals surface area contributed by atoms with Crippen molar-refractivity contribution in [1.82, 2.24) is 10.3 Å². The maximum Gasteiger partial charge on any atom is 0.213 e. The van der Waals surface area contributed by atoms with E-state index in [2.05, 4.69) is 10.3 Å². The summed E-state index contributed by atoms with van der Waals surface area (Å²) in [5.74, 6) is -0.404. The second-order valence-electron chi connectivity index (χ2n) is 2.31. The molecule has 0 amide bonds. The van der Waals surface area contributed by atoms with Gasteiger partial charge in [-0.3, -0.25) is 0 Å². The Morgan fingerprint density at radius 3 is 3.00 bits per heavy atom. The number of likely N-dealkylation sites (N-methyl/N-ethyl adjacent to an activating group) is 1.